The van der Waals surface area contributed by atoms with Crippen LogP contribution in [0.5, 0.6) is 0 Å². The Morgan fingerprint density at radius 1 is 0.952 bits per heavy atom. The number of nitrogens with one attached hydrogen (secondary N) is 1. The van der Waals surface area contributed by atoms with Gasteiger partial charge in [-0.05, 0) is 36.6 Å². The van der Waals surface area contributed by atoms with Crippen molar-refractivity contribution < 1.29 is 9.59 Å². The van der Waals surface area contributed by atoms with E-state index in [-0.39, 0.29) is 11.9 Å². The molecule has 3 rings (SSSR count). The highest BCUT2D eigenvalue weighted by atomic mass is 32.2. The van der Waals surface area contributed by atoms with Gasteiger partial charge in [-0.2, -0.15) is 4.31 Å². The van der Waals surface area contributed by atoms with Gasteiger partial charge in [0.25, 0.3) is 5.91 Å². The Balaban J connectivity index is 1.89. The molecule has 21 heavy (non-hydrogen) atoms. The fraction of sp³-hybridized carbons (Fsp3) is 0.125. The van der Waals surface area contributed by atoms with Gasteiger partial charge in [-0.3, -0.25) is 4.79 Å². The fourth-order valence-corrected chi connectivity index (χ4v) is 3.13. The van der Waals surface area contributed by atoms with Crippen molar-refractivity contribution >= 4 is 23.9 Å². The van der Waals surface area contributed by atoms with Crippen LogP contribution in [0.25, 0.3) is 0 Å². The van der Waals surface area contributed by atoms with Crippen LogP contribution in [-0.2, 0) is 10.3 Å². The van der Waals surface area contributed by atoms with Crippen molar-refractivity contribution in [1.82, 2.24) is 9.62 Å². The molecule has 2 aromatic carbocycles. The minimum atomic E-state index is -1.01. The highest BCUT2D eigenvalue weighted by Crippen LogP contribution is 2.34. The number of rotatable bonds is 3. The molecule has 1 heterocycles. The van der Waals surface area contributed by atoms with E-state index in [4.69, 9.17) is 0 Å². The molecule has 3 amide bonds. The summed E-state index contributed by atoms with van der Waals surface area (Å²) in [7, 11) is 0. The third kappa shape index (κ3) is 2.40. The van der Waals surface area contributed by atoms with E-state index in [1.54, 1.807) is 6.92 Å². The SMILES string of the molecule is C[C@@]1(c2ccccc2)NC(=O)N(Sc2ccccc2)C1=O. The Hall–Kier alpha value is -2.27. The molecule has 1 atom stereocenters. The van der Waals surface area contributed by atoms with Crippen molar-refractivity contribution in [2.24, 2.45) is 0 Å². The van der Waals surface area contributed by atoms with Crippen LogP contribution in [0.4, 0.5) is 4.79 Å². The molecule has 0 radical (unpaired) electrons. The summed E-state index contributed by atoms with van der Waals surface area (Å²) in [6.45, 7) is 1.73. The number of carbonyl (C=O) groups excluding carboxylic acids is 2. The molecule has 0 bridgehead atoms. The summed E-state index contributed by atoms with van der Waals surface area (Å²) in [6, 6.07) is 18.2. The molecule has 106 valence electrons. The van der Waals surface area contributed by atoms with Crippen molar-refractivity contribution in [2.75, 3.05) is 0 Å². The molecular formula is C16H14N2O2S. The molecule has 1 saturated heterocycles. The number of benzene rings is 2. The zero-order chi connectivity index (χ0) is 14.9. The van der Waals surface area contributed by atoms with Gasteiger partial charge in [-0.15, -0.1) is 0 Å². The molecule has 5 heteroatoms. The predicted octanol–water partition coefficient (Wildman–Crippen LogP) is 3.16. The largest absolute Gasteiger partial charge is 0.335 e. The van der Waals surface area contributed by atoms with E-state index in [1.165, 1.54) is 4.31 Å². The van der Waals surface area contributed by atoms with Crippen LogP contribution in [0.15, 0.2) is 65.6 Å². The zero-order valence-corrected chi connectivity index (χ0v) is 12.3. The Morgan fingerprint density at radius 2 is 1.52 bits per heavy atom. The van der Waals surface area contributed by atoms with Crippen LogP contribution in [0.1, 0.15) is 12.5 Å². The van der Waals surface area contributed by atoms with E-state index < -0.39 is 5.54 Å². The number of hydrogen-bond donors (Lipinski definition) is 1. The van der Waals surface area contributed by atoms with Gasteiger partial charge in [0, 0.05) is 4.90 Å². The monoisotopic (exact) mass is 298 g/mol. The highest BCUT2D eigenvalue weighted by Gasteiger charge is 2.49. The molecule has 1 fully saturated rings. The Morgan fingerprint density at radius 3 is 2.14 bits per heavy atom. The normalized spacial score (nSPS) is 21.5. The third-order valence-electron chi connectivity index (χ3n) is 3.44. The summed E-state index contributed by atoms with van der Waals surface area (Å²) < 4.78 is 1.18. The van der Waals surface area contributed by atoms with Crippen LogP contribution < -0.4 is 5.32 Å². The van der Waals surface area contributed by atoms with Gasteiger partial charge in [0.2, 0.25) is 0 Å². The first kappa shape index (κ1) is 13.7. The molecule has 1 aliphatic heterocycles. The molecule has 0 saturated carbocycles. The first-order valence-electron chi connectivity index (χ1n) is 6.56. The highest BCUT2D eigenvalue weighted by molar-refractivity contribution is 7.98. The Bertz CT molecular complexity index is 675. The molecular weight excluding hydrogens is 284 g/mol. The van der Waals surface area contributed by atoms with E-state index >= 15 is 0 Å². The minimum Gasteiger partial charge on any atom is -0.319 e. The summed E-state index contributed by atoms with van der Waals surface area (Å²) >= 11 is 1.14. The van der Waals surface area contributed by atoms with Gasteiger partial charge in [-0.25, -0.2) is 4.79 Å². The maximum Gasteiger partial charge on any atom is 0.335 e. The molecule has 0 aromatic heterocycles. The lowest BCUT2D eigenvalue weighted by molar-refractivity contribution is -0.127. The van der Waals surface area contributed by atoms with E-state index in [0.29, 0.717) is 0 Å². The van der Waals surface area contributed by atoms with Crippen molar-refractivity contribution in [3.63, 3.8) is 0 Å². The number of hydrogen-bond acceptors (Lipinski definition) is 3. The summed E-state index contributed by atoms with van der Waals surface area (Å²) in [5.74, 6) is -0.257. The average Bonchev–Trinajstić information content (AvgIpc) is 2.74. The van der Waals surface area contributed by atoms with Crippen LogP contribution in [0, 0.1) is 0 Å². The molecule has 1 N–H and O–H groups in total. The van der Waals surface area contributed by atoms with E-state index in [0.717, 1.165) is 22.4 Å². The second kappa shape index (κ2) is 5.26. The summed E-state index contributed by atoms with van der Waals surface area (Å²) in [4.78, 5) is 25.7. The molecule has 0 spiro atoms. The Labute approximate surface area is 127 Å². The third-order valence-corrected chi connectivity index (χ3v) is 4.44. The summed E-state index contributed by atoms with van der Waals surface area (Å²) in [5.41, 5.74) is -0.236. The molecule has 4 nitrogen and oxygen atoms in total. The second-order valence-corrected chi connectivity index (χ2v) is 5.94. The van der Waals surface area contributed by atoms with Gasteiger partial charge >= 0.3 is 6.03 Å². The van der Waals surface area contributed by atoms with Crippen molar-refractivity contribution in [3.05, 3.63) is 66.2 Å². The number of carbonyl (C=O) groups is 2. The lowest BCUT2D eigenvalue weighted by Crippen LogP contribution is -2.40. The smallest absolute Gasteiger partial charge is 0.319 e. The van der Waals surface area contributed by atoms with Crippen LogP contribution in [0.2, 0.25) is 0 Å². The summed E-state index contributed by atoms with van der Waals surface area (Å²) in [5, 5.41) is 2.78. The first-order chi connectivity index (χ1) is 10.1. The number of amides is 3. The number of urea groups is 1. The van der Waals surface area contributed by atoms with Gasteiger partial charge in [0.15, 0.2) is 0 Å². The quantitative estimate of drug-likeness (QED) is 0.699. The summed E-state index contributed by atoms with van der Waals surface area (Å²) in [6.07, 6.45) is 0. The maximum atomic E-state index is 12.7. The molecule has 1 aliphatic rings. The average molecular weight is 298 g/mol. The maximum absolute atomic E-state index is 12.7. The van der Waals surface area contributed by atoms with Crippen molar-refractivity contribution in [1.29, 1.82) is 0 Å². The topological polar surface area (TPSA) is 49.4 Å². The lowest BCUT2D eigenvalue weighted by Gasteiger charge is -2.21. The van der Waals surface area contributed by atoms with Crippen molar-refractivity contribution in [3.8, 4) is 0 Å². The first-order valence-corrected chi connectivity index (χ1v) is 7.34. The van der Waals surface area contributed by atoms with Crippen LogP contribution in [0.3, 0.4) is 0 Å². The lowest BCUT2D eigenvalue weighted by atomic mass is 9.92. The van der Waals surface area contributed by atoms with Gasteiger partial charge in [0.05, 0.1) is 0 Å². The Kier molecular flexibility index (Phi) is 3.43. The minimum absolute atomic E-state index is 0.257. The van der Waals surface area contributed by atoms with Gasteiger partial charge < -0.3 is 5.32 Å². The van der Waals surface area contributed by atoms with E-state index in [1.807, 2.05) is 60.7 Å². The zero-order valence-electron chi connectivity index (χ0n) is 11.4. The number of imide groups is 1. The van der Waals surface area contributed by atoms with Crippen LogP contribution in [-0.4, -0.2) is 16.2 Å². The molecule has 0 aliphatic carbocycles. The molecule has 2 aromatic rings. The van der Waals surface area contributed by atoms with E-state index in [9.17, 15) is 9.59 Å². The van der Waals surface area contributed by atoms with Gasteiger partial charge in [-0.1, -0.05) is 48.5 Å². The van der Waals surface area contributed by atoms with Crippen LogP contribution >= 0.6 is 11.9 Å². The van der Waals surface area contributed by atoms with Crippen molar-refractivity contribution in [2.45, 2.75) is 17.4 Å². The van der Waals surface area contributed by atoms with E-state index in [2.05, 4.69) is 5.32 Å². The predicted molar refractivity (Wildman–Crippen MR) is 81.5 cm³/mol. The standard InChI is InChI=1S/C16H14N2O2S/c1-16(12-8-4-2-5-9-12)14(19)18(15(20)17-16)21-13-10-6-3-7-11-13/h2-11H,1H3,(H,17,20)/t16-/m0/s1. The molecule has 0 unspecified atom stereocenters. The fourth-order valence-electron chi connectivity index (χ4n) is 2.25. The second-order valence-electron chi connectivity index (χ2n) is 4.93. The van der Waals surface area contributed by atoms with Gasteiger partial charge in [0.1, 0.15) is 5.54 Å². The number of nitrogens with zero attached hydrogens (tertiary/aromatic N) is 1.